The molecule has 0 atom stereocenters. The number of benzene rings is 2. The minimum absolute atomic E-state index is 0.784. The van der Waals surface area contributed by atoms with Gasteiger partial charge in [-0.1, -0.05) is 55.6 Å². The molecule has 0 bridgehead atoms. The molecule has 2 aromatic rings. The Morgan fingerprint density at radius 1 is 0.875 bits per heavy atom. The van der Waals surface area contributed by atoms with Crippen molar-refractivity contribution in [2.24, 2.45) is 0 Å². The fourth-order valence-corrected chi connectivity index (χ4v) is 3.20. The van der Waals surface area contributed by atoms with Gasteiger partial charge in [0.25, 0.3) is 0 Å². The lowest BCUT2D eigenvalue weighted by atomic mass is 10.1. The van der Waals surface area contributed by atoms with Gasteiger partial charge in [0, 0.05) is 14.0 Å². The molecule has 0 spiro atoms. The van der Waals surface area contributed by atoms with Crippen molar-refractivity contribution in [2.75, 3.05) is 0 Å². The van der Waals surface area contributed by atoms with E-state index in [9.17, 15) is 0 Å². The normalized spacial score (nSPS) is 10.4. The number of rotatable bonds is 2. The predicted molar refractivity (Wildman–Crippen MR) is 76.1 cm³/mol. The van der Waals surface area contributed by atoms with E-state index in [4.69, 9.17) is 11.6 Å². The molecule has 0 amide bonds. The minimum atomic E-state index is 0.784. The van der Waals surface area contributed by atoms with E-state index >= 15 is 0 Å². The van der Waals surface area contributed by atoms with Crippen molar-refractivity contribution in [2.45, 2.75) is 6.42 Å². The fraction of sp³-hybridized carbons (Fsp3) is 0.0769. The van der Waals surface area contributed by atoms with Crippen molar-refractivity contribution in [3.05, 3.63) is 67.6 Å². The topological polar surface area (TPSA) is 0 Å². The highest BCUT2D eigenvalue weighted by Crippen LogP contribution is 2.22. The Balaban J connectivity index is 2.27. The summed E-state index contributed by atoms with van der Waals surface area (Å²) in [5.74, 6) is 0. The largest absolute Gasteiger partial charge is 0.0843 e. The Labute approximate surface area is 117 Å². The second-order valence-corrected chi connectivity index (χ2v) is 5.85. The maximum Gasteiger partial charge on any atom is 0.0408 e. The fourth-order valence-electron chi connectivity index (χ4n) is 1.60. The maximum atomic E-state index is 5.96. The van der Waals surface area contributed by atoms with Crippen LogP contribution in [-0.4, -0.2) is 0 Å². The first-order chi connectivity index (χ1) is 7.63. The summed E-state index contributed by atoms with van der Waals surface area (Å²) in [7, 11) is 0. The standard InChI is InChI=1S/C13H9Br2Cl/c14-11-5-10(6-12(15)8-11)4-9-2-1-3-13(16)7-9/h1-3,5-8H,4H2. The molecule has 82 valence electrons. The van der Waals surface area contributed by atoms with E-state index in [2.05, 4.69) is 50.1 Å². The van der Waals surface area contributed by atoms with Crippen molar-refractivity contribution in [3.63, 3.8) is 0 Å². The molecule has 0 fully saturated rings. The lowest BCUT2D eigenvalue weighted by molar-refractivity contribution is 1.18. The summed E-state index contributed by atoms with van der Waals surface area (Å²) < 4.78 is 2.16. The summed E-state index contributed by atoms with van der Waals surface area (Å²) in [4.78, 5) is 0. The molecule has 0 heterocycles. The smallest absolute Gasteiger partial charge is 0.0408 e. The van der Waals surface area contributed by atoms with Crippen molar-refractivity contribution in [3.8, 4) is 0 Å². The highest BCUT2D eigenvalue weighted by atomic mass is 79.9. The van der Waals surface area contributed by atoms with Crippen LogP contribution in [-0.2, 0) is 6.42 Å². The second-order valence-electron chi connectivity index (χ2n) is 3.58. The first-order valence-electron chi connectivity index (χ1n) is 4.83. The summed E-state index contributed by atoms with van der Waals surface area (Å²) in [6.45, 7) is 0. The van der Waals surface area contributed by atoms with Crippen molar-refractivity contribution in [1.82, 2.24) is 0 Å². The zero-order valence-electron chi connectivity index (χ0n) is 8.38. The van der Waals surface area contributed by atoms with Crippen LogP contribution in [0.4, 0.5) is 0 Å². The lowest BCUT2D eigenvalue weighted by Gasteiger charge is -2.04. The molecule has 2 rings (SSSR count). The Morgan fingerprint density at radius 3 is 2.19 bits per heavy atom. The molecule has 0 aliphatic rings. The quantitative estimate of drug-likeness (QED) is 0.667. The summed E-state index contributed by atoms with van der Waals surface area (Å²) >= 11 is 12.9. The third-order valence-electron chi connectivity index (χ3n) is 2.22. The monoisotopic (exact) mass is 358 g/mol. The first-order valence-corrected chi connectivity index (χ1v) is 6.79. The van der Waals surface area contributed by atoms with Gasteiger partial charge in [-0.25, -0.2) is 0 Å². The molecule has 0 saturated carbocycles. The van der Waals surface area contributed by atoms with Crippen LogP contribution in [0.3, 0.4) is 0 Å². The van der Waals surface area contributed by atoms with E-state index in [0.717, 1.165) is 20.4 Å². The number of hydrogen-bond donors (Lipinski definition) is 0. The Morgan fingerprint density at radius 2 is 1.56 bits per heavy atom. The van der Waals surface area contributed by atoms with Crippen molar-refractivity contribution < 1.29 is 0 Å². The van der Waals surface area contributed by atoms with Gasteiger partial charge in [-0.3, -0.25) is 0 Å². The molecule has 0 radical (unpaired) electrons. The molecule has 0 nitrogen and oxygen atoms in total. The third kappa shape index (κ3) is 3.34. The molecule has 3 heteroatoms. The van der Waals surface area contributed by atoms with Gasteiger partial charge >= 0.3 is 0 Å². The van der Waals surface area contributed by atoms with Crippen molar-refractivity contribution >= 4 is 43.5 Å². The molecule has 0 aliphatic carbocycles. The zero-order valence-corrected chi connectivity index (χ0v) is 12.3. The van der Waals surface area contributed by atoms with Gasteiger partial charge in [0.05, 0.1) is 0 Å². The van der Waals surface area contributed by atoms with Gasteiger partial charge in [-0.15, -0.1) is 0 Å². The van der Waals surface area contributed by atoms with Crippen LogP contribution in [0.5, 0.6) is 0 Å². The SMILES string of the molecule is Clc1cccc(Cc2cc(Br)cc(Br)c2)c1. The van der Waals surface area contributed by atoms with Gasteiger partial charge in [0.2, 0.25) is 0 Å². The summed E-state index contributed by atoms with van der Waals surface area (Å²) in [6, 6.07) is 14.2. The van der Waals surface area contributed by atoms with Crippen LogP contribution in [0.2, 0.25) is 5.02 Å². The molecular formula is C13H9Br2Cl. The predicted octanol–water partition coefficient (Wildman–Crippen LogP) is 5.46. The Bertz CT molecular complexity index is 489. The highest BCUT2D eigenvalue weighted by molar-refractivity contribution is 9.11. The number of hydrogen-bond acceptors (Lipinski definition) is 0. The first kappa shape index (κ1) is 12.2. The lowest BCUT2D eigenvalue weighted by Crippen LogP contribution is -1.88. The molecule has 0 saturated heterocycles. The second kappa shape index (κ2) is 5.35. The van der Waals surface area contributed by atoms with Crippen LogP contribution >= 0.6 is 43.5 Å². The van der Waals surface area contributed by atoms with Crippen LogP contribution in [0.1, 0.15) is 11.1 Å². The molecule has 0 aromatic heterocycles. The Hall–Kier alpha value is -0.310. The van der Waals surface area contributed by atoms with Crippen LogP contribution < -0.4 is 0 Å². The minimum Gasteiger partial charge on any atom is -0.0843 e. The van der Waals surface area contributed by atoms with E-state index in [0.29, 0.717) is 0 Å². The summed E-state index contributed by atoms with van der Waals surface area (Å²) in [5, 5.41) is 0.784. The summed E-state index contributed by atoms with van der Waals surface area (Å²) in [5.41, 5.74) is 2.47. The van der Waals surface area contributed by atoms with Gasteiger partial charge < -0.3 is 0 Å². The zero-order chi connectivity index (χ0) is 11.5. The van der Waals surface area contributed by atoms with E-state index in [-0.39, 0.29) is 0 Å². The molecule has 0 unspecified atom stereocenters. The molecule has 16 heavy (non-hydrogen) atoms. The van der Waals surface area contributed by atoms with Crippen LogP contribution in [0, 0.1) is 0 Å². The Kier molecular flexibility index (Phi) is 4.06. The van der Waals surface area contributed by atoms with Crippen molar-refractivity contribution in [1.29, 1.82) is 0 Å². The van der Waals surface area contributed by atoms with E-state index in [1.165, 1.54) is 11.1 Å². The van der Waals surface area contributed by atoms with E-state index in [1.807, 2.05) is 24.3 Å². The molecular weight excluding hydrogens is 351 g/mol. The van der Waals surface area contributed by atoms with Gasteiger partial charge in [0.15, 0.2) is 0 Å². The molecule has 0 aliphatic heterocycles. The molecule has 0 N–H and O–H groups in total. The molecule has 2 aromatic carbocycles. The van der Waals surface area contributed by atoms with Crippen LogP contribution in [0.25, 0.3) is 0 Å². The average molecular weight is 360 g/mol. The van der Waals surface area contributed by atoms with Gasteiger partial charge in [-0.2, -0.15) is 0 Å². The van der Waals surface area contributed by atoms with Crippen LogP contribution in [0.15, 0.2) is 51.4 Å². The average Bonchev–Trinajstić information content (AvgIpc) is 2.15. The number of halogens is 3. The van der Waals surface area contributed by atoms with Gasteiger partial charge in [0.1, 0.15) is 0 Å². The van der Waals surface area contributed by atoms with Gasteiger partial charge in [-0.05, 0) is 47.9 Å². The third-order valence-corrected chi connectivity index (χ3v) is 3.37. The highest BCUT2D eigenvalue weighted by Gasteiger charge is 2.00. The van der Waals surface area contributed by atoms with E-state index in [1.54, 1.807) is 0 Å². The van der Waals surface area contributed by atoms with E-state index < -0.39 is 0 Å². The maximum absolute atomic E-state index is 5.96. The summed E-state index contributed by atoms with van der Waals surface area (Å²) in [6.07, 6.45) is 0.888.